The molecule has 8 nitrogen and oxygen atoms in total. The molecule has 1 aromatic rings. The molecule has 1 saturated heterocycles. The van der Waals surface area contributed by atoms with Crippen LogP contribution >= 0.6 is 0 Å². The van der Waals surface area contributed by atoms with Gasteiger partial charge in [-0.25, -0.2) is 13.2 Å². The topological polar surface area (TPSA) is 107 Å². The lowest BCUT2D eigenvalue weighted by Crippen LogP contribution is -2.45. The Morgan fingerprint density at radius 2 is 2.00 bits per heavy atom. The fourth-order valence-electron chi connectivity index (χ4n) is 3.34. The molecule has 142 valence electrons. The Balaban J connectivity index is 1.98. The van der Waals surface area contributed by atoms with Gasteiger partial charge in [0.25, 0.3) is 0 Å². The second kappa shape index (κ2) is 6.46. The van der Waals surface area contributed by atoms with Crippen molar-refractivity contribution in [1.82, 2.24) is 9.62 Å². The van der Waals surface area contributed by atoms with Crippen molar-refractivity contribution in [1.29, 1.82) is 0 Å². The third-order valence-electron chi connectivity index (χ3n) is 4.83. The highest BCUT2D eigenvalue weighted by Gasteiger charge is 2.40. The second-order valence-electron chi connectivity index (χ2n) is 7.25. The lowest BCUT2D eigenvalue weighted by atomic mass is 10.00. The number of hydrogen-bond acceptors (Lipinski definition) is 5. The van der Waals surface area contributed by atoms with Crippen LogP contribution in [0, 0.1) is 5.92 Å². The SMILES string of the molecule is CC(C)CCN1Cc2cc(C3CC(=O)NS3(=O)=O)c(O)cc2N(C)C1=O. The van der Waals surface area contributed by atoms with Crippen molar-refractivity contribution in [2.45, 2.75) is 38.5 Å². The van der Waals surface area contributed by atoms with E-state index in [1.807, 2.05) is 4.72 Å². The standard InChI is InChI=1S/C17H23N3O5S/c1-10(2)4-5-20-9-11-6-12(15-8-16(22)18-26(15,24)25)14(21)7-13(11)19(3)17(20)23/h6-7,10,15,21H,4-5,8-9H2,1-3H3,(H,18,22). The van der Waals surface area contributed by atoms with Crippen molar-refractivity contribution in [2.75, 3.05) is 18.5 Å². The number of rotatable bonds is 4. The number of sulfonamides is 1. The smallest absolute Gasteiger partial charge is 0.324 e. The maximum absolute atomic E-state index is 12.5. The molecule has 0 spiro atoms. The number of amides is 3. The number of phenols is 1. The molecular formula is C17H23N3O5S. The van der Waals surface area contributed by atoms with Crippen LogP contribution in [-0.2, 0) is 21.4 Å². The molecule has 0 aliphatic carbocycles. The first-order chi connectivity index (χ1) is 12.1. The summed E-state index contributed by atoms with van der Waals surface area (Å²) in [6.07, 6.45) is 0.635. The number of anilines is 1. The number of carbonyl (C=O) groups excluding carboxylic acids is 2. The predicted molar refractivity (Wildman–Crippen MR) is 96.2 cm³/mol. The van der Waals surface area contributed by atoms with Gasteiger partial charge >= 0.3 is 6.03 Å². The predicted octanol–water partition coefficient (Wildman–Crippen LogP) is 1.70. The zero-order valence-corrected chi connectivity index (χ0v) is 15.8. The molecule has 0 radical (unpaired) electrons. The van der Waals surface area contributed by atoms with Gasteiger partial charge in [-0.2, -0.15) is 0 Å². The van der Waals surface area contributed by atoms with Gasteiger partial charge in [0.15, 0.2) is 0 Å². The number of urea groups is 1. The monoisotopic (exact) mass is 381 g/mol. The van der Waals surface area contributed by atoms with E-state index in [2.05, 4.69) is 13.8 Å². The quantitative estimate of drug-likeness (QED) is 0.825. The summed E-state index contributed by atoms with van der Waals surface area (Å²) in [7, 11) is -2.23. The van der Waals surface area contributed by atoms with Crippen LogP contribution in [0.2, 0.25) is 0 Å². The molecule has 9 heteroatoms. The number of nitrogens with one attached hydrogen (secondary N) is 1. The summed E-state index contributed by atoms with van der Waals surface area (Å²) in [5, 5.41) is 9.22. The highest BCUT2D eigenvalue weighted by molar-refractivity contribution is 7.90. The molecule has 0 saturated carbocycles. The molecule has 2 heterocycles. The van der Waals surface area contributed by atoms with Crippen molar-refractivity contribution in [2.24, 2.45) is 5.92 Å². The summed E-state index contributed by atoms with van der Waals surface area (Å²) in [4.78, 5) is 27.2. The van der Waals surface area contributed by atoms with Gasteiger partial charge in [0.05, 0.1) is 12.1 Å². The zero-order chi connectivity index (χ0) is 19.2. The Morgan fingerprint density at radius 1 is 1.31 bits per heavy atom. The van der Waals surface area contributed by atoms with Crippen LogP contribution in [0.5, 0.6) is 5.75 Å². The normalized spacial score (nSPS) is 21.9. The molecule has 26 heavy (non-hydrogen) atoms. The van der Waals surface area contributed by atoms with Gasteiger partial charge in [-0.05, 0) is 24.0 Å². The van der Waals surface area contributed by atoms with Gasteiger partial charge in [-0.1, -0.05) is 13.8 Å². The van der Waals surface area contributed by atoms with Crippen molar-refractivity contribution < 1.29 is 23.1 Å². The van der Waals surface area contributed by atoms with E-state index in [0.717, 1.165) is 12.0 Å². The van der Waals surface area contributed by atoms with E-state index in [0.29, 0.717) is 24.7 Å². The van der Waals surface area contributed by atoms with Crippen LogP contribution in [0.4, 0.5) is 10.5 Å². The Hall–Kier alpha value is -2.29. The molecule has 2 aliphatic heterocycles. The van der Waals surface area contributed by atoms with E-state index >= 15 is 0 Å². The van der Waals surface area contributed by atoms with E-state index in [4.69, 9.17) is 0 Å². The van der Waals surface area contributed by atoms with Crippen LogP contribution in [0.15, 0.2) is 12.1 Å². The molecule has 1 unspecified atom stereocenters. The Labute approximate surface area is 152 Å². The number of nitrogens with zero attached hydrogens (tertiary/aromatic N) is 2. The largest absolute Gasteiger partial charge is 0.508 e. The molecule has 3 rings (SSSR count). The Bertz CT molecular complexity index is 865. The number of carbonyl (C=O) groups is 2. The third kappa shape index (κ3) is 3.23. The fourth-order valence-corrected chi connectivity index (χ4v) is 4.78. The Kier molecular flexibility index (Phi) is 4.60. The van der Waals surface area contributed by atoms with Crippen molar-refractivity contribution in [3.63, 3.8) is 0 Å². The number of benzene rings is 1. The average Bonchev–Trinajstić information content (AvgIpc) is 2.82. The van der Waals surface area contributed by atoms with E-state index < -0.39 is 21.2 Å². The Morgan fingerprint density at radius 3 is 2.58 bits per heavy atom. The molecular weight excluding hydrogens is 358 g/mol. The molecule has 0 aromatic heterocycles. The summed E-state index contributed by atoms with van der Waals surface area (Å²) in [5.41, 5.74) is 1.48. The fraction of sp³-hybridized carbons (Fsp3) is 0.529. The molecule has 0 bridgehead atoms. The minimum atomic E-state index is -3.85. The van der Waals surface area contributed by atoms with E-state index in [-0.39, 0.29) is 23.8 Å². The summed E-state index contributed by atoms with van der Waals surface area (Å²) in [6.45, 7) is 5.10. The molecule has 2 N–H and O–H groups in total. The maximum atomic E-state index is 12.5. The first-order valence-electron chi connectivity index (χ1n) is 8.53. The summed E-state index contributed by atoms with van der Waals surface area (Å²) in [5.74, 6) is -0.368. The minimum Gasteiger partial charge on any atom is -0.508 e. The van der Waals surface area contributed by atoms with E-state index in [1.165, 1.54) is 11.0 Å². The molecule has 1 aromatic carbocycles. The average molecular weight is 381 g/mol. The molecule has 3 amide bonds. The van der Waals surface area contributed by atoms with Crippen LogP contribution in [0.25, 0.3) is 0 Å². The summed E-state index contributed by atoms with van der Waals surface area (Å²) < 4.78 is 26.2. The van der Waals surface area contributed by atoms with E-state index in [1.54, 1.807) is 18.0 Å². The molecule has 1 fully saturated rings. The molecule has 2 aliphatic rings. The number of fused-ring (bicyclic) bond motifs is 1. The van der Waals surface area contributed by atoms with Crippen LogP contribution in [-0.4, -0.2) is 44.0 Å². The van der Waals surface area contributed by atoms with Crippen molar-refractivity contribution in [3.8, 4) is 5.75 Å². The van der Waals surface area contributed by atoms with Gasteiger partial charge in [0.1, 0.15) is 11.0 Å². The maximum Gasteiger partial charge on any atom is 0.324 e. The third-order valence-corrected chi connectivity index (χ3v) is 6.51. The zero-order valence-electron chi connectivity index (χ0n) is 15.0. The highest BCUT2D eigenvalue weighted by Crippen LogP contribution is 2.40. The van der Waals surface area contributed by atoms with Gasteiger partial charge < -0.3 is 10.0 Å². The van der Waals surface area contributed by atoms with Crippen LogP contribution < -0.4 is 9.62 Å². The van der Waals surface area contributed by atoms with E-state index in [9.17, 15) is 23.1 Å². The van der Waals surface area contributed by atoms with Crippen LogP contribution in [0.1, 0.15) is 43.1 Å². The highest BCUT2D eigenvalue weighted by atomic mass is 32.2. The van der Waals surface area contributed by atoms with Crippen LogP contribution in [0.3, 0.4) is 0 Å². The first kappa shape index (κ1) is 18.5. The van der Waals surface area contributed by atoms with Crippen molar-refractivity contribution in [3.05, 3.63) is 23.3 Å². The first-order valence-corrected chi connectivity index (χ1v) is 10.1. The minimum absolute atomic E-state index is 0.157. The number of hydrogen-bond donors (Lipinski definition) is 2. The van der Waals surface area contributed by atoms with Gasteiger partial charge in [-0.15, -0.1) is 0 Å². The lowest BCUT2D eigenvalue weighted by molar-refractivity contribution is -0.118. The second-order valence-corrected chi connectivity index (χ2v) is 9.11. The lowest BCUT2D eigenvalue weighted by Gasteiger charge is -2.36. The summed E-state index contributed by atoms with van der Waals surface area (Å²) in [6, 6.07) is 2.84. The number of phenolic OH excluding ortho intramolecular Hbond substituents is 1. The molecule has 1 atom stereocenters. The summed E-state index contributed by atoms with van der Waals surface area (Å²) >= 11 is 0. The van der Waals surface area contributed by atoms with Gasteiger partial charge in [0, 0.05) is 31.8 Å². The van der Waals surface area contributed by atoms with Gasteiger partial charge in [0.2, 0.25) is 15.9 Å². The van der Waals surface area contributed by atoms with Crippen molar-refractivity contribution >= 4 is 27.6 Å². The van der Waals surface area contributed by atoms with Gasteiger partial charge in [-0.3, -0.25) is 14.4 Å². The number of aromatic hydroxyl groups is 1.